The van der Waals surface area contributed by atoms with Gasteiger partial charge in [-0.1, -0.05) is 37.6 Å². The van der Waals surface area contributed by atoms with Crippen LogP contribution in [0.5, 0.6) is 0 Å². The van der Waals surface area contributed by atoms with Gasteiger partial charge in [0.1, 0.15) is 11.5 Å². The molecule has 0 aliphatic heterocycles. The van der Waals surface area contributed by atoms with E-state index in [1.54, 1.807) is 38.1 Å². The molecule has 0 bridgehead atoms. The fourth-order valence-electron chi connectivity index (χ4n) is 1.95. The number of nitrogen functional groups attached to an aromatic ring is 1. The van der Waals surface area contributed by atoms with Crippen LogP contribution >= 0.6 is 11.6 Å². The number of aromatic nitrogens is 2. The summed E-state index contributed by atoms with van der Waals surface area (Å²) in [6, 6.07) is 6.91. The van der Waals surface area contributed by atoms with Crippen LogP contribution in [-0.4, -0.2) is 15.5 Å². The van der Waals surface area contributed by atoms with Gasteiger partial charge < -0.3 is 11.1 Å². The van der Waals surface area contributed by atoms with Crippen molar-refractivity contribution in [3.63, 3.8) is 0 Å². The van der Waals surface area contributed by atoms with E-state index >= 15 is 0 Å². The molecule has 0 atom stereocenters. The summed E-state index contributed by atoms with van der Waals surface area (Å²) in [5.74, 6) is -0.801. The highest BCUT2D eigenvalue weighted by Gasteiger charge is 2.16. The summed E-state index contributed by atoms with van der Waals surface area (Å²) in [5.41, 5.74) is 5.13. The van der Waals surface area contributed by atoms with Gasteiger partial charge in [0, 0.05) is 10.9 Å². The summed E-state index contributed by atoms with van der Waals surface area (Å²) in [6.07, 6.45) is 0. The van der Waals surface area contributed by atoms with Gasteiger partial charge in [0.05, 0.1) is 6.54 Å². The Kier molecular flexibility index (Phi) is 4.90. The van der Waals surface area contributed by atoms with Gasteiger partial charge in [-0.05, 0) is 17.7 Å². The second-order valence-electron chi connectivity index (χ2n) is 5.38. The summed E-state index contributed by atoms with van der Waals surface area (Å²) < 4.78 is 1.17. The number of benzene rings is 1. The van der Waals surface area contributed by atoms with Gasteiger partial charge in [-0.3, -0.25) is 19.1 Å². The number of carbonyl (C=O) groups excluding carboxylic acids is 1. The minimum Gasteiger partial charge on any atom is -0.383 e. The van der Waals surface area contributed by atoms with Crippen molar-refractivity contribution < 1.29 is 4.79 Å². The zero-order valence-electron chi connectivity index (χ0n) is 12.7. The van der Waals surface area contributed by atoms with Crippen molar-refractivity contribution in [1.82, 2.24) is 9.55 Å². The van der Waals surface area contributed by atoms with Gasteiger partial charge in [-0.2, -0.15) is 0 Å². The molecule has 2 rings (SSSR count). The lowest BCUT2D eigenvalue weighted by molar-refractivity contribution is -0.118. The van der Waals surface area contributed by atoms with E-state index in [1.165, 1.54) is 4.57 Å². The van der Waals surface area contributed by atoms with E-state index < -0.39 is 11.2 Å². The van der Waals surface area contributed by atoms with Crippen LogP contribution in [0.25, 0.3) is 0 Å². The Morgan fingerprint density at radius 3 is 2.70 bits per heavy atom. The van der Waals surface area contributed by atoms with Crippen molar-refractivity contribution in [1.29, 1.82) is 0 Å². The van der Waals surface area contributed by atoms with E-state index in [1.807, 2.05) is 0 Å². The third kappa shape index (κ3) is 3.81. The Balaban J connectivity index is 2.46. The van der Waals surface area contributed by atoms with Crippen molar-refractivity contribution in [3.8, 4) is 0 Å². The summed E-state index contributed by atoms with van der Waals surface area (Å²) in [4.78, 5) is 37.8. The number of nitrogens with zero attached hydrogens (tertiary/aromatic N) is 1. The molecule has 7 nitrogen and oxygen atoms in total. The molecule has 0 spiro atoms. The van der Waals surface area contributed by atoms with Gasteiger partial charge in [0.25, 0.3) is 5.56 Å². The molecule has 0 unspecified atom stereocenters. The zero-order chi connectivity index (χ0) is 17.1. The molecule has 1 heterocycles. The first-order chi connectivity index (χ1) is 10.8. The van der Waals surface area contributed by atoms with Crippen LogP contribution in [0.2, 0.25) is 5.02 Å². The molecule has 8 heteroatoms. The Labute approximate surface area is 137 Å². The van der Waals surface area contributed by atoms with E-state index in [4.69, 9.17) is 17.3 Å². The molecule has 23 heavy (non-hydrogen) atoms. The highest BCUT2D eigenvalue weighted by molar-refractivity contribution is 6.30. The lowest BCUT2D eigenvalue weighted by atomic mass is 10.2. The average Bonchev–Trinajstić information content (AvgIpc) is 2.47. The van der Waals surface area contributed by atoms with Gasteiger partial charge in [0.2, 0.25) is 5.91 Å². The molecular weight excluding hydrogens is 320 g/mol. The molecule has 1 aromatic heterocycles. The maximum absolute atomic E-state index is 12.0. The first-order valence-electron chi connectivity index (χ1n) is 6.97. The Hall–Kier alpha value is -2.54. The van der Waals surface area contributed by atoms with Crippen molar-refractivity contribution >= 4 is 29.0 Å². The van der Waals surface area contributed by atoms with Gasteiger partial charge in [0.15, 0.2) is 0 Å². The first kappa shape index (κ1) is 16.8. The van der Waals surface area contributed by atoms with Crippen LogP contribution in [-0.2, 0) is 11.3 Å². The van der Waals surface area contributed by atoms with E-state index in [0.29, 0.717) is 5.02 Å². The zero-order valence-corrected chi connectivity index (χ0v) is 13.5. The number of halogens is 1. The van der Waals surface area contributed by atoms with Crippen LogP contribution in [0.3, 0.4) is 0 Å². The fraction of sp³-hybridized carbons (Fsp3) is 0.267. The van der Waals surface area contributed by atoms with Crippen LogP contribution < -0.4 is 22.3 Å². The van der Waals surface area contributed by atoms with Crippen molar-refractivity contribution in [2.45, 2.75) is 20.4 Å². The molecule has 0 aliphatic rings. The molecule has 122 valence electrons. The minimum absolute atomic E-state index is 0.104. The third-order valence-corrected chi connectivity index (χ3v) is 3.48. The number of aromatic amines is 1. The first-order valence-corrected chi connectivity index (χ1v) is 7.35. The van der Waals surface area contributed by atoms with Crippen molar-refractivity contribution in [2.75, 3.05) is 11.1 Å². The monoisotopic (exact) mass is 336 g/mol. The lowest BCUT2D eigenvalue weighted by Gasteiger charge is -2.14. The molecule has 0 aliphatic carbocycles. The standard InChI is InChI=1S/C15H17ClN4O3/c1-8(2)13(21)18-11-12(17)20(15(23)19-14(11)22)7-9-4-3-5-10(16)6-9/h3-6,8H,7,17H2,1-2H3,(H,18,21)(H,19,22,23). The topological polar surface area (TPSA) is 110 Å². The Morgan fingerprint density at radius 2 is 2.09 bits per heavy atom. The van der Waals surface area contributed by atoms with Gasteiger partial charge in [-0.25, -0.2) is 4.79 Å². The highest BCUT2D eigenvalue weighted by Crippen LogP contribution is 2.15. The highest BCUT2D eigenvalue weighted by atomic mass is 35.5. The van der Waals surface area contributed by atoms with Crippen molar-refractivity contribution in [2.24, 2.45) is 5.92 Å². The van der Waals surface area contributed by atoms with Crippen LogP contribution in [0, 0.1) is 5.92 Å². The quantitative estimate of drug-likeness (QED) is 0.784. The van der Waals surface area contributed by atoms with E-state index in [0.717, 1.165) is 5.56 Å². The predicted octanol–water partition coefficient (Wildman–Crippen LogP) is 1.42. The number of hydrogen-bond acceptors (Lipinski definition) is 4. The largest absolute Gasteiger partial charge is 0.383 e. The lowest BCUT2D eigenvalue weighted by Crippen LogP contribution is -2.35. The normalized spacial score (nSPS) is 10.8. The number of amides is 1. The van der Waals surface area contributed by atoms with Crippen molar-refractivity contribution in [3.05, 3.63) is 55.7 Å². The van der Waals surface area contributed by atoms with Gasteiger partial charge >= 0.3 is 5.69 Å². The Bertz CT molecular complexity index is 855. The molecule has 1 amide bonds. The predicted molar refractivity (Wildman–Crippen MR) is 89.8 cm³/mol. The Morgan fingerprint density at radius 1 is 1.39 bits per heavy atom. The molecule has 2 aromatic rings. The molecule has 0 saturated heterocycles. The molecule has 0 saturated carbocycles. The van der Waals surface area contributed by atoms with E-state index in [-0.39, 0.29) is 29.9 Å². The number of nitrogens with one attached hydrogen (secondary N) is 2. The maximum atomic E-state index is 12.0. The SMILES string of the molecule is CC(C)C(=O)Nc1c(N)n(Cc2cccc(Cl)c2)c(=O)[nH]c1=O. The van der Waals surface area contributed by atoms with E-state index in [9.17, 15) is 14.4 Å². The molecule has 0 radical (unpaired) electrons. The smallest absolute Gasteiger partial charge is 0.330 e. The minimum atomic E-state index is -0.733. The number of carbonyl (C=O) groups is 1. The number of nitrogens with two attached hydrogens (primary N) is 1. The molecule has 0 fully saturated rings. The van der Waals surface area contributed by atoms with Crippen LogP contribution in [0.4, 0.5) is 11.5 Å². The summed E-state index contributed by atoms with van der Waals surface area (Å²) in [6.45, 7) is 3.48. The molecular formula is C15H17ClN4O3. The van der Waals surface area contributed by atoms with Gasteiger partial charge in [-0.15, -0.1) is 0 Å². The van der Waals surface area contributed by atoms with Crippen LogP contribution in [0.15, 0.2) is 33.9 Å². The maximum Gasteiger partial charge on any atom is 0.330 e. The molecule has 4 N–H and O–H groups in total. The number of rotatable bonds is 4. The van der Waals surface area contributed by atoms with Crippen LogP contribution in [0.1, 0.15) is 19.4 Å². The molecule has 1 aromatic carbocycles. The third-order valence-electron chi connectivity index (χ3n) is 3.24. The second kappa shape index (κ2) is 6.70. The summed E-state index contributed by atoms with van der Waals surface area (Å²) in [7, 11) is 0. The summed E-state index contributed by atoms with van der Waals surface area (Å²) >= 11 is 5.92. The number of hydrogen-bond donors (Lipinski definition) is 3. The average molecular weight is 337 g/mol. The summed E-state index contributed by atoms with van der Waals surface area (Å²) in [5, 5.41) is 2.97. The fourth-order valence-corrected chi connectivity index (χ4v) is 2.16. The number of anilines is 2. The number of H-pyrrole nitrogens is 1. The second-order valence-corrected chi connectivity index (χ2v) is 5.82. The van der Waals surface area contributed by atoms with E-state index in [2.05, 4.69) is 10.3 Å².